The highest BCUT2D eigenvalue weighted by molar-refractivity contribution is 5.96. The molecule has 3 aromatic carbocycles. The number of carbonyl (C=O) groups is 1. The summed E-state index contributed by atoms with van der Waals surface area (Å²) in [5, 5.41) is 3.39. The number of carbonyl (C=O) groups excluding carboxylic acids is 1. The minimum Gasteiger partial charge on any atom is -0.309 e. The predicted octanol–water partition coefficient (Wildman–Crippen LogP) is 5.64. The van der Waals surface area contributed by atoms with Gasteiger partial charge in [-0.1, -0.05) is 48.5 Å². The Morgan fingerprint density at radius 2 is 1.83 bits per heavy atom. The van der Waals surface area contributed by atoms with Crippen molar-refractivity contribution in [1.29, 1.82) is 0 Å². The van der Waals surface area contributed by atoms with Crippen molar-refractivity contribution in [2.45, 2.75) is 51.0 Å². The number of aryl methyl sites for hydroxylation is 1. The largest absolute Gasteiger partial charge is 0.326 e. The van der Waals surface area contributed by atoms with E-state index in [4.69, 9.17) is 0 Å². The van der Waals surface area contributed by atoms with Gasteiger partial charge in [0, 0.05) is 31.9 Å². The molecule has 1 spiro atoms. The van der Waals surface area contributed by atoms with Crippen LogP contribution in [0.5, 0.6) is 0 Å². The summed E-state index contributed by atoms with van der Waals surface area (Å²) in [5.41, 5.74) is 5.23. The van der Waals surface area contributed by atoms with Crippen molar-refractivity contribution in [3.63, 3.8) is 0 Å². The zero-order valence-corrected chi connectivity index (χ0v) is 21.5. The SMILES string of the molecule is CNC1N(C)C(=O)N(c2cccc(F)c2)[C@@]12CCN(Cc1cccc(-c3ccccc3C)c1)[C@@H](C)C2. The summed E-state index contributed by atoms with van der Waals surface area (Å²) >= 11 is 0. The summed E-state index contributed by atoms with van der Waals surface area (Å²) in [6.45, 7) is 6.09. The zero-order chi connectivity index (χ0) is 25.4. The molecular weight excluding hydrogens is 451 g/mol. The Morgan fingerprint density at radius 3 is 2.56 bits per heavy atom. The van der Waals surface area contributed by atoms with Gasteiger partial charge in [0.15, 0.2) is 0 Å². The number of nitrogens with one attached hydrogen (secondary N) is 1. The fourth-order valence-corrected chi connectivity index (χ4v) is 6.34. The summed E-state index contributed by atoms with van der Waals surface area (Å²) in [4.78, 5) is 19.5. The first kappa shape index (κ1) is 24.5. The van der Waals surface area contributed by atoms with Gasteiger partial charge in [-0.3, -0.25) is 15.1 Å². The Labute approximate surface area is 213 Å². The van der Waals surface area contributed by atoms with Crippen molar-refractivity contribution in [3.05, 3.63) is 89.7 Å². The van der Waals surface area contributed by atoms with E-state index in [9.17, 15) is 9.18 Å². The standard InChI is InChI=1S/C30H35FN4O/c1-21-9-5-6-14-27(21)24-11-7-10-23(17-24)20-34-16-15-30(19-22(34)2)28(32-3)33(4)29(36)35(30)26-13-8-12-25(31)18-26/h5-14,17-18,22,28,32H,15-16,19-20H2,1-4H3/t22-,28?,30+/m0/s1. The van der Waals surface area contributed by atoms with E-state index in [1.54, 1.807) is 11.0 Å². The zero-order valence-electron chi connectivity index (χ0n) is 21.5. The molecule has 2 heterocycles. The smallest absolute Gasteiger partial charge is 0.309 e. The molecule has 5 rings (SSSR count). The number of piperidine rings is 1. The number of likely N-dealkylation sites (tertiary alicyclic amines) is 1. The average molecular weight is 487 g/mol. The third-order valence-corrected chi connectivity index (χ3v) is 8.05. The van der Waals surface area contributed by atoms with E-state index in [0.717, 1.165) is 25.9 Å². The van der Waals surface area contributed by atoms with E-state index < -0.39 is 5.54 Å². The van der Waals surface area contributed by atoms with Crippen molar-refractivity contribution in [2.75, 3.05) is 25.5 Å². The number of rotatable bonds is 5. The molecule has 2 amide bonds. The number of anilines is 1. The van der Waals surface area contributed by atoms with E-state index in [0.29, 0.717) is 5.69 Å². The third-order valence-electron chi connectivity index (χ3n) is 8.05. The van der Waals surface area contributed by atoms with E-state index in [1.165, 1.54) is 34.4 Å². The van der Waals surface area contributed by atoms with E-state index in [1.807, 2.05) is 25.1 Å². The van der Waals surface area contributed by atoms with Gasteiger partial charge in [-0.2, -0.15) is 0 Å². The molecule has 0 aliphatic carbocycles. The lowest BCUT2D eigenvalue weighted by atomic mass is 9.79. The molecule has 2 aliphatic heterocycles. The second-order valence-electron chi connectivity index (χ2n) is 10.3. The molecule has 3 aromatic rings. The molecule has 1 unspecified atom stereocenters. The second-order valence-corrected chi connectivity index (χ2v) is 10.3. The summed E-state index contributed by atoms with van der Waals surface area (Å²) in [5.74, 6) is -0.329. The fraction of sp³-hybridized carbons (Fsp3) is 0.367. The van der Waals surface area contributed by atoms with Crippen LogP contribution in [0.3, 0.4) is 0 Å². The number of hydrogen-bond acceptors (Lipinski definition) is 3. The number of urea groups is 1. The molecule has 1 N–H and O–H groups in total. The lowest BCUT2D eigenvalue weighted by Gasteiger charge is -2.49. The normalized spacial score (nSPS) is 24.6. The van der Waals surface area contributed by atoms with Gasteiger partial charge in [0.1, 0.15) is 12.0 Å². The van der Waals surface area contributed by atoms with Gasteiger partial charge >= 0.3 is 6.03 Å². The van der Waals surface area contributed by atoms with Crippen molar-refractivity contribution < 1.29 is 9.18 Å². The maximum Gasteiger partial charge on any atom is 0.326 e. The van der Waals surface area contributed by atoms with Gasteiger partial charge in [0.05, 0.1) is 5.54 Å². The van der Waals surface area contributed by atoms with Crippen LogP contribution in [0.15, 0.2) is 72.8 Å². The van der Waals surface area contributed by atoms with Crippen molar-refractivity contribution in [2.24, 2.45) is 0 Å². The second kappa shape index (κ2) is 9.68. The Bertz CT molecular complexity index is 1260. The van der Waals surface area contributed by atoms with Gasteiger partial charge in [-0.15, -0.1) is 0 Å². The lowest BCUT2D eigenvalue weighted by molar-refractivity contribution is 0.0704. The van der Waals surface area contributed by atoms with Crippen molar-refractivity contribution >= 4 is 11.7 Å². The summed E-state index contributed by atoms with van der Waals surface area (Å²) < 4.78 is 14.2. The molecule has 0 radical (unpaired) electrons. The Morgan fingerprint density at radius 1 is 1.06 bits per heavy atom. The highest BCUT2D eigenvalue weighted by Gasteiger charge is 2.58. The van der Waals surface area contributed by atoms with Crippen LogP contribution in [0, 0.1) is 12.7 Å². The molecular formula is C30H35FN4O. The first-order chi connectivity index (χ1) is 17.3. The van der Waals surface area contributed by atoms with Crippen LogP contribution < -0.4 is 10.2 Å². The molecule has 0 saturated carbocycles. The lowest BCUT2D eigenvalue weighted by Crippen LogP contribution is -2.63. The van der Waals surface area contributed by atoms with Crippen LogP contribution in [0.1, 0.15) is 30.9 Å². The van der Waals surface area contributed by atoms with Gasteiger partial charge in [-0.25, -0.2) is 9.18 Å². The van der Waals surface area contributed by atoms with Gasteiger partial charge < -0.3 is 4.90 Å². The third kappa shape index (κ3) is 4.18. The van der Waals surface area contributed by atoms with E-state index in [2.05, 4.69) is 72.6 Å². The van der Waals surface area contributed by atoms with Crippen molar-refractivity contribution in [3.8, 4) is 11.1 Å². The summed E-state index contributed by atoms with van der Waals surface area (Å²) in [6, 6.07) is 23.9. The van der Waals surface area contributed by atoms with Crippen LogP contribution in [0.2, 0.25) is 0 Å². The molecule has 0 bridgehead atoms. The van der Waals surface area contributed by atoms with Crippen LogP contribution in [0.25, 0.3) is 11.1 Å². The molecule has 3 atom stereocenters. The number of nitrogens with zero attached hydrogens (tertiary/aromatic N) is 3. The minimum absolute atomic E-state index is 0.0912. The topological polar surface area (TPSA) is 38.8 Å². The van der Waals surface area contributed by atoms with Gasteiger partial charge in [0.2, 0.25) is 0 Å². The molecule has 5 nitrogen and oxygen atoms in total. The number of likely N-dealkylation sites (N-methyl/N-ethyl adjacent to an activating group) is 2. The number of benzene rings is 3. The van der Waals surface area contributed by atoms with Gasteiger partial charge in [0.25, 0.3) is 0 Å². The van der Waals surface area contributed by atoms with E-state index in [-0.39, 0.29) is 24.1 Å². The summed E-state index contributed by atoms with van der Waals surface area (Å²) in [7, 11) is 3.73. The Balaban J connectivity index is 1.40. The molecule has 2 aliphatic rings. The monoisotopic (exact) mass is 486 g/mol. The molecule has 36 heavy (non-hydrogen) atoms. The highest BCUT2D eigenvalue weighted by atomic mass is 19.1. The van der Waals surface area contributed by atoms with Crippen molar-refractivity contribution in [1.82, 2.24) is 15.1 Å². The van der Waals surface area contributed by atoms with Crippen LogP contribution in [-0.2, 0) is 6.54 Å². The predicted molar refractivity (Wildman–Crippen MR) is 143 cm³/mol. The average Bonchev–Trinajstić information content (AvgIpc) is 3.06. The van der Waals surface area contributed by atoms with Gasteiger partial charge in [-0.05, 0) is 80.3 Å². The Kier molecular flexibility index (Phi) is 6.58. The quantitative estimate of drug-likeness (QED) is 0.507. The summed E-state index contributed by atoms with van der Waals surface area (Å²) in [6.07, 6.45) is 1.44. The number of hydrogen-bond donors (Lipinski definition) is 1. The van der Waals surface area contributed by atoms with Crippen LogP contribution in [-0.4, -0.2) is 54.2 Å². The molecule has 0 aromatic heterocycles. The Hall–Kier alpha value is -3.22. The fourth-order valence-electron chi connectivity index (χ4n) is 6.34. The van der Waals surface area contributed by atoms with Crippen LogP contribution in [0.4, 0.5) is 14.9 Å². The molecule has 2 fully saturated rings. The first-order valence-electron chi connectivity index (χ1n) is 12.7. The molecule has 2 saturated heterocycles. The number of amides is 2. The molecule has 6 heteroatoms. The maximum atomic E-state index is 14.2. The first-order valence-corrected chi connectivity index (χ1v) is 12.7. The maximum absolute atomic E-state index is 14.2. The highest BCUT2D eigenvalue weighted by Crippen LogP contribution is 2.44. The molecule has 188 valence electrons. The minimum atomic E-state index is -0.451. The number of halogens is 1. The van der Waals surface area contributed by atoms with E-state index >= 15 is 0 Å². The van der Waals surface area contributed by atoms with Crippen LogP contribution >= 0.6 is 0 Å².